The fourth-order valence-corrected chi connectivity index (χ4v) is 2.46. The van der Waals surface area contributed by atoms with Crippen LogP contribution in [0.2, 0.25) is 0 Å². The fourth-order valence-electron chi connectivity index (χ4n) is 2.46. The Hall–Kier alpha value is -1.87. The highest BCUT2D eigenvalue weighted by atomic mass is 19.1. The van der Waals surface area contributed by atoms with Crippen molar-refractivity contribution in [2.75, 3.05) is 7.11 Å². The monoisotopic (exact) mass is 287 g/mol. The summed E-state index contributed by atoms with van der Waals surface area (Å²) in [4.78, 5) is 0. The van der Waals surface area contributed by atoms with Crippen molar-refractivity contribution in [1.82, 2.24) is 5.32 Å². The molecule has 1 N–H and O–H groups in total. The zero-order valence-electron chi connectivity index (χ0n) is 12.8. The molecule has 0 spiro atoms. The van der Waals surface area contributed by atoms with Gasteiger partial charge >= 0.3 is 0 Å². The van der Waals surface area contributed by atoms with Crippen LogP contribution >= 0.6 is 0 Å². The van der Waals surface area contributed by atoms with Crippen molar-refractivity contribution in [1.29, 1.82) is 0 Å². The van der Waals surface area contributed by atoms with Crippen LogP contribution in [0.25, 0.3) is 0 Å². The Labute approximate surface area is 126 Å². The number of halogens is 1. The number of hydrogen-bond donors (Lipinski definition) is 1. The highest BCUT2D eigenvalue weighted by Gasteiger charge is 2.14. The second kappa shape index (κ2) is 7.23. The second-order valence-electron chi connectivity index (χ2n) is 5.18. The van der Waals surface area contributed by atoms with E-state index in [2.05, 4.69) is 31.3 Å². The van der Waals surface area contributed by atoms with Crippen LogP contribution in [0.15, 0.2) is 48.5 Å². The summed E-state index contributed by atoms with van der Waals surface area (Å²) in [6.45, 7) is 4.20. The lowest BCUT2D eigenvalue weighted by Crippen LogP contribution is -2.24. The molecule has 112 valence electrons. The summed E-state index contributed by atoms with van der Waals surface area (Å²) in [6.07, 6.45) is 0.964. The van der Waals surface area contributed by atoms with E-state index in [-0.39, 0.29) is 17.9 Å². The van der Waals surface area contributed by atoms with Gasteiger partial charge < -0.3 is 10.1 Å². The molecule has 2 rings (SSSR count). The van der Waals surface area contributed by atoms with E-state index in [1.54, 1.807) is 19.2 Å². The predicted octanol–water partition coefficient (Wildman–Crippen LogP) is 4.64. The molecule has 21 heavy (non-hydrogen) atoms. The number of benzene rings is 2. The molecule has 0 aliphatic rings. The Balaban J connectivity index is 2.10. The van der Waals surface area contributed by atoms with Crippen LogP contribution in [0.1, 0.15) is 43.5 Å². The Morgan fingerprint density at radius 3 is 2.38 bits per heavy atom. The van der Waals surface area contributed by atoms with E-state index in [9.17, 15) is 4.39 Å². The van der Waals surface area contributed by atoms with Crippen molar-refractivity contribution >= 4 is 0 Å². The normalized spacial score (nSPS) is 13.7. The van der Waals surface area contributed by atoms with Gasteiger partial charge in [0.25, 0.3) is 0 Å². The van der Waals surface area contributed by atoms with Gasteiger partial charge in [0, 0.05) is 12.1 Å². The smallest absolute Gasteiger partial charge is 0.123 e. The summed E-state index contributed by atoms with van der Waals surface area (Å²) in [5.74, 6) is 0.658. The lowest BCUT2D eigenvalue weighted by atomic mass is 10.0. The molecule has 3 heteroatoms. The second-order valence-corrected chi connectivity index (χ2v) is 5.18. The Bertz CT molecular complexity index is 568. The van der Waals surface area contributed by atoms with Crippen molar-refractivity contribution in [3.63, 3.8) is 0 Å². The number of hydrogen-bond acceptors (Lipinski definition) is 2. The van der Waals surface area contributed by atoms with Crippen molar-refractivity contribution in [3.05, 3.63) is 65.5 Å². The molecule has 2 aromatic rings. The summed E-state index contributed by atoms with van der Waals surface area (Å²) < 4.78 is 18.5. The molecule has 0 bridgehead atoms. The van der Waals surface area contributed by atoms with E-state index in [4.69, 9.17) is 4.74 Å². The molecule has 1 unspecified atom stereocenters. The zero-order valence-corrected chi connectivity index (χ0v) is 12.8. The Morgan fingerprint density at radius 1 is 1.10 bits per heavy atom. The minimum Gasteiger partial charge on any atom is -0.497 e. The van der Waals surface area contributed by atoms with Crippen LogP contribution in [0.4, 0.5) is 4.39 Å². The van der Waals surface area contributed by atoms with Gasteiger partial charge in [-0.05, 0) is 48.7 Å². The third kappa shape index (κ3) is 4.05. The van der Waals surface area contributed by atoms with E-state index in [0.717, 1.165) is 17.7 Å². The highest BCUT2D eigenvalue weighted by Crippen LogP contribution is 2.24. The van der Waals surface area contributed by atoms with Crippen molar-refractivity contribution in [3.8, 4) is 5.75 Å². The van der Waals surface area contributed by atoms with Crippen molar-refractivity contribution in [2.45, 2.75) is 32.4 Å². The Kier molecular flexibility index (Phi) is 5.34. The van der Waals surface area contributed by atoms with Crippen LogP contribution < -0.4 is 10.1 Å². The molecular formula is C18H22FNO. The SMILES string of the molecule is CCC(N[C@@H](C)c1cccc(F)c1)c1ccc(OC)cc1. The van der Waals surface area contributed by atoms with Gasteiger partial charge in [-0.15, -0.1) is 0 Å². The first-order valence-corrected chi connectivity index (χ1v) is 7.29. The first-order valence-electron chi connectivity index (χ1n) is 7.29. The molecule has 2 nitrogen and oxygen atoms in total. The van der Waals surface area contributed by atoms with Gasteiger partial charge in [-0.2, -0.15) is 0 Å². The lowest BCUT2D eigenvalue weighted by molar-refractivity contribution is 0.413. The van der Waals surface area contributed by atoms with Crippen LogP contribution in [-0.2, 0) is 0 Å². The van der Waals surface area contributed by atoms with E-state index in [0.29, 0.717) is 0 Å². The predicted molar refractivity (Wildman–Crippen MR) is 84.0 cm³/mol. The number of ether oxygens (including phenoxy) is 1. The van der Waals surface area contributed by atoms with Gasteiger partial charge in [-0.1, -0.05) is 31.2 Å². The summed E-state index contributed by atoms with van der Waals surface area (Å²) in [5, 5.41) is 3.56. The third-order valence-electron chi connectivity index (χ3n) is 3.73. The largest absolute Gasteiger partial charge is 0.497 e. The number of rotatable bonds is 6. The molecule has 0 saturated carbocycles. The first-order chi connectivity index (χ1) is 10.1. The quantitative estimate of drug-likeness (QED) is 0.836. The maximum absolute atomic E-state index is 13.3. The van der Waals surface area contributed by atoms with Gasteiger partial charge in [0.15, 0.2) is 0 Å². The molecule has 0 amide bonds. The highest BCUT2D eigenvalue weighted by molar-refractivity contribution is 5.29. The van der Waals surface area contributed by atoms with Crippen molar-refractivity contribution < 1.29 is 9.13 Å². The van der Waals surface area contributed by atoms with E-state index < -0.39 is 0 Å². The van der Waals surface area contributed by atoms with Gasteiger partial charge in [-0.25, -0.2) is 4.39 Å². The minimum absolute atomic E-state index is 0.0905. The molecule has 2 aromatic carbocycles. The molecular weight excluding hydrogens is 265 g/mol. The molecule has 0 radical (unpaired) electrons. The van der Waals surface area contributed by atoms with E-state index >= 15 is 0 Å². The molecule has 0 aromatic heterocycles. The van der Waals surface area contributed by atoms with Gasteiger partial charge in [0.1, 0.15) is 11.6 Å². The summed E-state index contributed by atoms with van der Waals surface area (Å²) in [6, 6.07) is 15.1. The Morgan fingerprint density at radius 2 is 1.81 bits per heavy atom. The summed E-state index contributed by atoms with van der Waals surface area (Å²) >= 11 is 0. The van der Waals surface area contributed by atoms with Crippen LogP contribution in [-0.4, -0.2) is 7.11 Å². The molecule has 0 aliphatic heterocycles. The topological polar surface area (TPSA) is 21.3 Å². The van der Waals surface area contributed by atoms with Crippen LogP contribution in [0, 0.1) is 5.82 Å². The maximum Gasteiger partial charge on any atom is 0.123 e. The minimum atomic E-state index is -0.196. The van der Waals surface area contributed by atoms with Gasteiger partial charge in [0.2, 0.25) is 0 Å². The van der Waals surface area contributed by atoms with Gasteiger partial charge in [-0.3, -0.25) is 0 Å². The molecule has 0 aliphatic carbocycles. The molecule has 0 fully saturated rings. The fraction of sp³-hybridized carbons (Fsp3) is 0.333. The van der Waals surface area contributed by atoms with Crippen molar-refractivity contribution in [2.24, 2.45) is 0 Å². The molecule has 2 atom stereocenters. The first kappa shape index (κ1) is 15.5. The van der Waals surface area contributed by atoms with Crippen LogP contribution in [0.5, 0.6) is 5.75 Å². The zero-order chi connectivity index (χ0) is 15.2. The van der Waals surface area contributed by atoms with Crippen LogP contribution in [0.3, 0.4) is 0 Å². The standard InChI is InChI=1S/C18H22FNO/c1-4-18(14-8-10-17(21-3)11-9-14)20-13(2)15-6-5-7-16(19)12-15/h5-13,18,20H,4H2,1-3H3/t13-,18?/m0/s1. The molecule has 0 saturated heterocycles. The maximum atomic E-state index is 13.3. The van der Waals surface area contributed by atoms with E-state index in [1.165, 1.54) is 11.6 Å². The number of methoxy groups -OCH3 is 1. The van der Waals surface area contributed by atoms with Gasteiger partial charge in [0.05, 0.1) is 7.11 Å². The number of nitrogens with one attached hydrogen (secondary N) is 1. The van der Waals surface area contributed by atoms with E-state index in [1.807, 2.05) is 18.2 Å². The average Bonchev–Trinajstić information content (AvgIpc) is 2.52. The average molecular weight is 287 g/mol. The summed E-state index contributed by atoms with van der Waals surface area (Å²) in [7, 11) is 1.66. The molecule has 0 heterocycles. The third-order valence-corrected chi connectivity index (χ3v) is 3.73. The summed E-state index contributed by atoms with van der Waals surface area (Å²) in [5.41, 5.74) is 2.17. The lowest BCUT2D eigenvalue weighted by Gasteiger charge is -2.23.